The molecular weight excluding hydrogens is 238 g/mol. The Morgan fingerprint density at radius 2 is 2.06 bits per heavy atom. The molecule has 0 bridgehead atoms. The van der Waals surface area contributed by atoms with Gasteiger partial charge in [0.1, 0.15) is 11.6 Å². The number of amides is 1. The molecule has 1 unspecified atom stereocenters. The van der Waals surface area contributed by atoms with Gasteiger partial charge in [-0.15, -0.1) is 0 Å². The van der Waals surface area contributed by atoms with Crippen molar-refractivity contribution in [2.75, 3.05) is 11.4 Å². The number of hydrogen-bond acceptors (Lipinski definition) is 2. The molecule has 0 spiro atoms. The molecule has 3 nitrogen and oxygen atoms in total. The van der Waals surface area contributed by atoms with Crippen molar-refractivity contribution in [1.82, 2.24) is 0 Å². The van der Waals surface area contributed by atoms with Crippen LogP contribution in [-0.4, -0.2) is 18.5 Å². The maximum absolute atomic E-state index is 13.4. The molecule has 2 N–H and O–H groups in total. The van der Waals surface area contributed by atoms with Crippen molar-refractivity contribution < 1.29 is 13.6 Å². The van der Waals surface area contributed by atoms with Crippen molar-refractivity contribution in [1.29, 1.82) is 0 Å². The number of benzene rings is 1. The summed E-state index contributed by atoms with van der Waals surface area (Å²) in [5.41, 5.74) is 5.56. The Kier molecular flexibility index (Phi) is 2.82. The van der Waals surface area contributed by atoms with Crippen LogP contribution in [0.4, 0.5) is 14.5 Å². The molecule has 86 valence electrons. The third kappa shape index (κ3) is 1.88. The van der Waals surface area contributed by atoms with Gasteiger partial charge in [-0.1, -0.05) is 11.6 Å². The monoisotopic (exact) mass is 246 g/mol. The molecular formula is C10H9ClF2N2O. The zero-order valence-corrected chi connectivity index (χ0v) is 8.97. The van der Waals surface area contributed by atoms with Gasteiger partial charge in [0.05, 0.1) is 10.7 Å². The Balaban J connectivity index is 2.41. The summed E-state index contributed by atoms with van der Waals surface area (Å²) in [4.78, 5) is 12.7. The summed E-state index contributed by atoms with van der Waals surface area (Å²) in [5, 5.41) is -0.218. The van der Waals surface area contributed by atoms with E-state index in [1.54, 1.807) is 0 Å². The van der Waals surface area contributed by atoms with Gasteiger partial charge >= 0.3 is 0 Å². The van der Waals surface area contributed by atoms with E-state index in [-0.39, 0.29) is 35.6 Å². The molecule has 2 rings (SSSR count). The van der Waals surface area contributed by atoms with Crippen LogP contribution in [0.1, 0.15) is 6.42 Å². The average molecular weight is 247 g/mol. The first kappa shape index (κ1) is 11.3. The van der Waals surface area contributed by atoms with Crippen LogP contribution in [0.5, 0.6) is 0 Å². The van der Waals surface area contributed by atoms with Crippen LogP contribution in [0.15, 0.2) is 12.1 Å². The Morgan fingerprint density at radius 3 is 2.62 bits per heavy atom. The third-order valence-electron chi connectivity index (χ3n) is 2.44. The van der Waals surface area contributed by atoms with Crippen LogP contribution in [0.2, 0.25) is 5.02 Å². The normalized spacial score (nSPS) is 20.6. The fraction of sp³-hybridized carbons (Fsp3) is 0.300. The average Bonchev–Trinajstić information content (AvgIpc) is 2.51. The van der Waals surface area contributed by atoms with Crippen molar-refractivity contribution in [3.63, 3.8) is 0 Å². The van der Waals surface area contributed by atoms with E-state index in [9.17, 15) is 13.6 Å². The van der Waals surface area contributed by atoms with Gasteiger partial charge in [0, 0.05) is 25.1 Å². The smallest absolute Gasteiger partial charge is 0.228 e. The molecule has 1 heterocycles. The van der Waals surface area contributed by atoms with E-state index >= 15 is 0 Å². The van der Waals surface area contributed by atoms with E-state index in [2.05, 4.69) is 0 Å². The molecule has 16 heavy (non-hydrogen) atoms. The summed E-state index contributed by atoms with van der Waals surface area (Å²) >= 11 is 5.54. The lowest BCUT2D eigenvalue weighted by molar-refractivity contribution is -0.117. The molecule has 1 aliphatic heterocycles. The van der Waals surface area contributed by atoms with E-state index in [1.165, 1.54) is 4.90 Å². The maximum Gasteiger partial charge on any atom is 0.228 e. The fourth-order valence-electron chi connectivity index (χ4n) is 1.69. The molecule has 1 fully saturated rings. The van der Waals surface area contributed by atoms with Gasteiger partial charge < -0.3 is 10.6 Å². The summed E-state index contributed by atoms with van der Waals surface area (Å²) < 4.78 is 26.4. The van der Waals surface area contributed by atoms with E-state index in [1.807, 2.05) is 0 Å². The van der Waals surface area contributed by atoms with E-state index in [4.69, 9.17) is 17.3 Å². The molecule has 1 atom stereocenters. The van der Waals surface area contributed by atoms with Crippen molar-refractivity contribution in [3.05, 3.63) is 28.8 Å². The minimum Gasteiger partial charge on any atom is -0.326 e. The standard InChI is InChI=1S/C10H9ClF2N2O/c11-6-2-9(8(13)3-7(6)12)15-4-5(14)1-10(15)16/h2-3,5H,1,4,14H2. The minimum atomic E-state index is -0.848. The molecule has 0 aromatic heterocycles. The van der Waals surface area contributed by atoms with Gasteiger partial charge in [-0.25, -0.2) is 8.78 Å². The highest BCUT2D eigenvalue weighted by molar-refractivity contribution is 6.31. The number of nitrogens with two attached hydrogens (primary N) is 1. The summed E-state index contributed by atoms with van der Waals surface area (Å²) in [6.45, 7) is 0.220. The van der Waals surface area contributed by atoms with Crippen LogP contribution >= 0.6 is 11.6 Å². The van der Waals surface area contributed by atoms with Crippen molar-refractivity contribution in [3.8, 4) is 0 Å². The summed E-state index contributed by atoms with van der Waals surface area (Å²) in [6.07, 6.45) is 0.161. The topological polar surface area (TPSA) is 46.3 Å². The van der Waals surface area contributed by atoms with Gasteiger partial charge in [0.25, 0.3) is 0 Å². The highest BCUT2D eigenvalue weighted by Gasteiger charge is 2.30. The first-order valence-electron chi connectivity index (χ1n) is 4.69. The Hall–Kier alpha value is -1.20. The zero-order valence-electron chi connectivity index (χ0n) is 8.21. The number of rotatable bonds is 1. The highest BCUT2D eigenvalue weighted by atomic mass is 35.5. The number of carbonyl (C=O) groups excluding carboxylic acids is 1. The number of halogens is 3. The second kappa shape index (κ2) is 3.99. The number of carbonyl (C=O) groups is 1. The Labute approximate surface area is 95.8 Å². The first-order valence-corrected chi connectivity index (χ1v) is 5.07. The number of hydrogen-bond donors (Lipinski definition) is 1. The summed E-state index contributed by atoms with van der Waals surface area (Å²) in [7, 11) is 0. The van der Waals surface area contributed by atoms with E-state index < -0.39 is 11.6 Å². The lowest BCUT2D eigenvalue weighted by Crippen LogP contribution is -2.28. The quantitative estimate of drug-likeness (QED) is 0.767. The zero-order chi connectivity index (χ0) is 11.9. The molecule has 0 aliphatic carbocycles. The van der Waals surface area contributed by atoms with Gasteiger partial charge in [0.2, 0.25) is 5.91 Å². The van der Waals surface area contributed by atoms with E-state index in [0.29, 0.717) is 6.07 Å². The Bertz CT molecular complexity index is 453. The molecule has 6 heteroatoms. The number of anilines is 1. The van der Waals surface area contributed by atoms with Crippen LogP contribution < -0.4 is 10.6 Å². The predicted octanol–water partition coefficient (Wildman–Crippen LogP) is 1.68. The largest absolute Gasteiger partial charge is 0.326 e. The lowest BCUT2D eigenvalue weighted by atomic mass is 10.2. The molecule has 0 radical (unpaired) electrons. The molecule has 1 amide bonds. The van der Waals surface area contributed by atoms with Gasteiger partial charge in [-0.05, 0) is 6.07 Å². The second-order valence-corrected chi connectivity index (χ2v) is 4.09. The number of nitrogens with zero attached hydrogens (tertiary/aromatic N) is 1. The van der Waals surface area contributed by atoms with Gasteiger partial charge in [0.15, 0.2) is 0 Å². The molecule has 1 aromatic rings. The van der Waals surface area contributed by atoms with Crippen LogP contribution in [0.3, 0.4) is 0 Å². The lowest BCUT2D eigenvalue weighted by Gasteiger charge is -2.17. The first-order chi connectivity index (χ1) is 7.49. The maximum atomic E-state index is 13.4. The van der Waals surface area contributed by atoms with Gasteiger partial charge in [-0.2, -0.15) is 0 Å². The fourth-order valence-corrected chi connectivity index (χ4v) is 1.84. The summed E-state index contributed by atoms with van der Waals surface area (Å²) in [6, 6.07) is 1.44. The predicted molar refractivity (Wildman–Crippen MR) is 56.3 cm³/mol. The van der Waals surface area contributed by atoms with Crippen molar-refractivity contribution in [2.45, 2.75) is 12.5 Å². The second-order valence-electron chi connectivity index (χ2n) is 3.69. The molecule has 1 aliphatic rings. The van der Waals surface area contributed by atoms with E-state index in [0.717, 1.165) is 6.07 Å². The molecule has 0 saturated carbocycles. The van der Waals surface area contributed by atoms with Crippen LogP contribution in [0.25, 0.3) is 0 Å². The van der Waals surface area contributed by atoms with Crippen LogP contribution in [-0.2, 0) is 4.79 Å². The summed E-state index contributed by atoms with van der Waals surface area (Å²) in [5.74, 6) is -1.95. The van der Waals surface area contributed by atoms with Crippen LogP contribution in [0, 0.1) is 11.6 Å². The third-order valence-corrected chi connectivity index (χ3v) is 2.73. The molecule has 1 aromatic carbocycles. The van der Waals surface area contributed by atoms with Crippen molar-refractivity contribution in [2.24, 2.45) is 5.73 Å². The van der Waals surface area contributed by atoms with Crippen molar-refractivity contribution >= 4 is 23.2 Å². The SMILES string of the molecule is NC1CC(=O)N(c2cc(Cl)c(F)cc2F)C1. The minimum absolute atomic E-state index is 0.0237. The van der Waals surface area contributed by atoms with Gasteiger partial charge in [-0.3, -0.25) is 4.79 Å². The Morgan fingerprint density at radius 1 is 1.38 bits per heavy atom. The highest BCUT2D eigenvalue weighted by Crippen LogP contribution is 2.29. The molecule has 1 saturated heterocycles.